The lowest BCUT2D eigenvalue weighted by Gasteiger charge is -2.05. The number of rotatable bonds is 4. The van der Waals surface area contributed by atoms with E-state index in [4.69, 9.17) is 9.47 Å². The van der Waals surface area contributed by atoms with Crippen molar-refractivity contribution in [3.05, 3.63) is 24.5 Å². The highest BCUT2D eigenvalue weighted by Crippen LogP contribution is 2.19. The van der Waals surface area contributed by atoms with E-state index in [9.17, 15) is 4.79 Å². The van der Waals surface area contributed by atoms with Gasteiger partial charge < -0.3 is 14.0 Å². The molecule has 0 saturated heterocycles. The van der Waals surface area contributed by atoms with Gasteiger partial charge in [-0.25, -0.2) is 9.78 Å². The molecule has 0 saturated carbocycles. The average molecular weight is 234 g/mol. The minimum absolute atomic E-state index is 0.0772. The van der Waals surface area contributed by atoms with E-state index in [1.807, 2.05) is 23.7 Å². The second kappa shape index (κ2) is 4.86. The summed E-state index contributed by atoms with van der Waals surface area (Å²) in [4.78, 5) is 15.3. The molecule has 0 aliphatic heterocycles. The summed E-state index contributed by atoms with van der Waals surface area (Å²) in [5.41, 5.74) is 1.86. The first kappa shape index (κ1) is 11.4. The summed E-state index contributed by atoms with van der Waals surface area (Å²) in [6, 6.07) is 5.51. The summed E-state index contributed by atoms with van der Waals surface area (Å²) >= 11 is 0. The minimum Gasteiger partial charge on any atom is -0.482 e. The molecule has 0 aliphatic rings. The second-order valence-corrected chi connectivity index (χ2v) is 3.60. The number of imidazole rings is 1. The van der Waals surface area contributed by atoms with Crippen LogP contribution in [0.15, 0.2) is 24.5 Å². The van der Waals surface area contributed by atoms with Gasteiger partial charge in [-0.1, -0.05) is 0 Å². The summed E-state index contributed by atoms with van der Waals surface area (Å²) < 4.78 is 12.0. The molecule has 1 heterocycles. The molecule has 0 N–H and O–H groups in total. The third-order valence-electron chi connectivity index (χ3n) is 2.36. The van der Waals surface area contributed by atoms with Crippen LogP contribution in [0.1, 0.15) is 6.92 Å². The first-order valence-electron chi connectivity index (χ1n) is 5.40. The van der Waals surface area contributed by atoms with Gasteiger partial charge in [0.15, 0.2) is 6.61 Å². The Hall–Kier alpha value is -2.04. The Bertz CT molecular complexity index is 534. The normalized spacial score (nSPS) is 10.5. The molecule has 0 amide bonds. The lowest BCUT2D eigenvalue weighted by atomic mass is 10.3. The number of carbonyl (C=O) groups excluding carboxylic acids is 1. The number of nitrogens with zero attached hydrogens (tertiary/aromatic N) is 2. The van der Waals surface area contributed by atoms with E-state index in [1.54, 1.807) is 19.3 Å². The zero-order chi connectivity index (χ0) is 12.3. The number of aryl methyl sites for hydroxylation is 1. The van der Waals surface area contributed by atoms with E-state index in [1.165, 1.54) is 0 Å². The van der Waals surface area contributed by atoms with E-state index in [-0.39, 0.29) is 12.6 Å². The van der Waals surface area contributed by atoms with Gasteiger partial charge in [0.25, 0.3) is 0 Å². The number of fused-ring (bicyclic) bond motifs is 1. The zero-order valence-corrected chi connectivity index (χ0v) is 9.84. The smallest absolute Gasteiger partial charge is 0.344 e. The van der Waals surface area contributed by atoms with Crippen molar-refractivity contribution in [2.45, 2.75) is 6.92 Å². The molecule has 5 nitrogen and oxygen atoms in total. The number of hydrogen-bond acceptors (Lipinski definition) is 4. The molecule has 0 fully saturated rings. The predicted octanol–water partition coefficient (Wildman–Crippen LogP) is 1.52. The van der Waals surface area contributed by atoms with Crippen molar-refractivity contribution in [3.8, 4) is 5.75 Å². The summed E-state index contributed by atoms with van der Waals surface area (Å²) in [7, 11) is 1.93. The minimum atomic E-state index is -0.367. The maximum absolute atomic E-state index is 11.1. The molecule has 17 heavy (non-hydrogen) atoms. The first-order chi connectivity index (χ1) is 8.20. The molecule has 0 spiro atoms. The Morgan fingerprint density at radius 2 is 2.29 bits per heavy atom. The number of carbonyl (C=O) groups is 1. The van der Waals surface area contributed by atoms with Gasteiger partial charge in [-0.2, -0.15) is 0 Å². The van der Waals surface area contributed by atoms with E-state index in [0.717, 1.165) is 11.0 Å². The van der Waals surface area contributed by atoms with Crippen LogP contribution in [0.2, 0.25) is 0 Å². The molecule has 0 aliphatic carbocycles. The van der Waals surface area contributed by atoms with E-state index >= 15 is 0 Å². The fourth-order valence-corrected chi connectivity index (χ4v) is 1.55. The fourth-order valence-electron chi connectivity index (χ4n) is 1.55. The molecular formula is C12H14N2O3. The maximum atomic E-state index is 11.1. The summed E-state index contributed by atoms with van der Waals surface area (Å²) in [6.45, 7) is 2.05. The van der Waals surface area contributed by atoms with Crippen molar-refractivity contribution < 1.29 is 14.3 Å². The Morgan fingerprint density at radius 1 is 1.47 bits per heavy atom. The number of ether oxygens (including phenoxy) is 2. The monoisotopic (exact) mass is 234 g/mol. The maximum Gasteiger partial charge on any atom is 0.344 e. The van der Waals surface area contributed by atoms with Gasteiger partial charge in [0, 0.05) is 13.1 Å². The van der Waals surface area contributed by atoms with Crippen LogP contribution in [0.5, 0.6) is 5.75 Å². The largest absolute Gasteiger partial charge is 0.482 e. The third kappa shape index (κ3) is 2.55. The zero-order valence-electron chi connectivity index (χ0n) is 9.84. The molecule has 1 aromatic heterocycles. The number of benzene rings is 1. The highest BCUT2D eigenvalue weighted by molar-refractivity contribution is 5.77. The van der Waals surface area contributed by atoms with Crippen LogP contribution in [0.25, 0.3) is 11.0 Å². The van der Waals surface area contributed by atoms with Crippen molar-refractivity contribution >= 4 is 17.0 Å². The van der Waals surface area contributed by atoms with Crippen molar-refractivity contribution in [2.24, 2.45) is 7.05 Å². The van der Waals surface area contributed by atoms with Crippen LogP contribution >= 0.6 is 0 Å². The quantitative estimate of drug-likeness (QED) is 0.752. The van der Waals surface area contributed by atoms with Crippen molar-refractivity contribution in [1.82, 2.24) is 9.55 Å². The van der Waals surface area contributed by atoms with Crippen LogP contribution < -0.4 is 4.74 Å². The van der Waals surface area contributed by atoms with Crippen LogP contribution in [0, 0.1) is 0 Å². The Morgan fingerprint density at radius 3 is 3.06 bits per heavy atom. The Kier molecular flexibility index (Phi) is 3.27. The molecule has 0 radical (unpaired) electrons. The SMILES string of the molecule is CCOC(=O)COc1ccc2c(c1)ncn2C. The highest BCUT2D eigenvalue weighted by Gasteiger charge is 2.05. The molecule has 0 unspecified atom stereocenters. The Balaban J connectivity index is 2.07. The van der Waals surface area contributed by atoms with Crippen LogP contribution in [-0.4, -0.2) is 28.7 Å². The lowest BCUT2D eigenvalue weighted by molar-refractivity contribution is -0.145. The van der Waals surface area contributed by atoms with Crippen molar-refractivity contribution in [3.63, 3.8) is 0 Å². The molecule has 1 aromatic carbocycles. The number of aromatic nitrogens is 2. The molecule has 0 atom stereocenters. The topological polar surface area (TPSA) is 53.4 Å². The van der Waals surface area contributed by atoms with Gasteiger partial charge in [-0.15, -0.1) is 0 Å². The Labute approximate surface area is 99.0 Å². The van der Waals surface area contributed by atoms with Crippen molar-refractivity contribution in [1.29, 1.82) is 0 Å². The molecule has 0 bridgehead atoms. The summed E-state index contributed by atoms with van der Waals surface area (Å²) in [6.07, 6.45) is 1.74. The predicted molar refractivity (Wildman–Crippen MR) is 62.8 cm³/mol. The first-order valence-corrected chi connectivity index (χ1v) is 5.40. The van der Waals surface area contributed by atoms with E-state index < -0.39 is 0 Å². The molecule has 2 aromatic rings. The standard InChI is InChI=1S/C12H14N2O3/c1-3-16-12(15)7-17-9-4-5-11-10(6-9)13-8-14(11)2/h4-6,8H,3,7H2,1-2H3. The van der Waals surface area contributed by atoms with Gasteiger partial charge in [0.2, 0.25) is 0 Å². The van der Waals surface area contributed by atoms with Crippen molar-refractivity contribution in [2.75, 3.05) is 13.2 Å². The van der Waals surface area contributed by atoms with Gasteiger partial charge in [-0.05, 0) is 19.1 Å². The number of hydrogen-bond donors (Lipinski definition) is 0. The van der Waals surface area contributed by atoms with Gasteiger partial charge >= 0.3 is 5.97 Å². The summed E-state index contributed by atoms with van der Waals surface area (Å²) in [5, 5.41) is 0. The summed E-state index contributed by atoms with van der Waals surface area (Å²) in [5.74, 6) is 0.248. The van der Waals surface area contributed by atoms with Gasteiger partial charge in [0.1, 0.15) is 5.75 Å². The lowest BCUT2D eigenvalue weighted by Crippen LogP contribution is -2.14. The highest BCUT2D eigenvalue weighted by atomic mass is 16.6. The second-order valence-electron chi connectivity index (χ2n) is 3.60. The van der Waals surface area contributed by atoms with E-state index in [0.29, 0.717) is 12.4 Å². The van der Waals surface area contributed by atoms with Crippen LogP contribution in [0.4, 0.5) is 0 Å². The molecule has 5 heteroatoms. The van der Waals surface area contributed by atoms with Gasteiger partial charge in [0.05, 0.1) is 24.0 Å². The number of esters is 1. The van der Waals surface area contributed by atoms with Gasteiger partial charge in [-0.3, -0.25) is 0 Å². The van der Waals surface area contributed by atoms with E-state index in [2.05, 4.69) is 4.98 Å². The van der Waals surface area contributed by atoms with Crippen LogP contribution in [0.3, 0.4) is 0 Å². The van der Waals surface area contributed by atoms with Crippen LogP contribution in [-0.2, 0) is 16.6 Å². The molecular weight excluding hydrogens is 220 g/mol. The average Bonchev–Trinajstić information content (AvgIpc) is 2.69. The molecule has 90 valence electrons. The fraction of sp³-hybridized carbons (Fsp3) is 0.333. The molecule has 2 rings (SSSR count). The third-order valence-corrected chi connectivity index (χ3v) is 2.36.